The zero-order valence-electron chi connectivity index (χ0n) is 8.63. The van der Waals surface area contributed by atoms with Gasteiger partial charge in [0.25, 0.3) is 0 Å². The van der Waals surface area contributed by atoms with Crippen LogP contribution in [0.25, 0.3) is 0 Å². The highest BCUT2D eigenvalue weighted by atomic mass is 32.2. The standard InChI is InChI=1S/C11H20S/c1-5-7-8-11(10(3)4)9-12-6-2/h7-10H,5-6H2,1-4H3. The molecule has 1 heteroatoms. The monoisotopic (exact) mass is 184 g/mol. The van der Waals surface area contributed by atoms with Gasteiger partial charge in [0.15, 0.2) is 0 Å². The van der Waals surface area contributed by atoms with Crippen molar-refractivity contribution in [3.63, 3.8) is 0 Å². The summed E-state index contributed by atoms with van der Waals surface area (Å²) in [5.74, 6) is 1.81. The summed E-state index contributed by atoms with van der Waals surface area (Å²) < 4.78 is 0. The summed E-state index contributed by atoms with van der Waals surface area (Å²) in [5.41, 5.74) is 1.45. The lowest BCUT2D eigenvalue weighted by Crippen LogP contribution is -1.89. The highest BCUT2D eigenvalue weighted by molar-refractivity contribution is 8.02. The molecule has 0 unspecified atom stereocenters. The van der Waals surface area contributed by atoms with E-state index in [9.17, 15) is 0 Å². The van der Waals surface area contributed by atoms with Crippen LogP contribution < -0.4 is 0 Å². The highest BCUT2D eigenvalue weighted by Crippen LogP contribution is 2.16. The van der Waals surface area contributed by atoms with Crippen LogP contribution >= 0.6 is 11.8 Å². The predicted molar refractivity (Wildman–Crippen MR) is 60.5 cm³/mol. The molecule has 0 aliphatic rings. The Morgan fingerprint density at radius 2 is 2.00 bits per heavy atom. The van der Waals surface area contributed by atoms with Crippen molar-refractivity contribution in [1.82, 2.24) is 0 Å². The van der Waals surface area contributed by atoms with Crippen molar-refractivity contribution in [3.8, 4) is 0 Å². The van der Waals surface area contributed by atoms with E-state index in [0.717, 1.165) is 12.2 Å². The van der Waals surface area contributed by atoms with Gasteiger partial charge < -0.3 is 0 Å². The number of thioether (sulfide) groups is 1. The molecular formula is C11H20S. The maximum atomic E-state index is 2.27. The number of hydrogen-bond acceptors (Lipinski definition) is 1. The van der Waals surface area contributed by atoms with Crippen LogP contribution in [0.5, 0.6) is 0 Å². The van der Waals surface area contributed by atoms with E-state index in [-0.39, 0.29) is 0 Å². The molecule has 12 heavy (non-hydrogen) atoms. The first kappa shape index (κ1) is 11.8. The fourth-order valence-corrected chi connectivity index (χ4v) is 1.51. The van der Waals surface area contributed by atoms with Gasteiger partial charge in [0.2, 0.25) is 0 Å². The van der Waals surface area contributed by atoms with Gasteiger partial charge in [-0.2, -0.15) is 0 Å². The van der Waals surface area contributed by atoms with E-state index < -0.39 is 0 Å². The first-order valence-electron chi connectivity index (χ1n) is 4.70. The van der Waals surface area contributed by atoms with Crippen LogP contribution in [-0.4, -0.2) is 5.75 Å². The molecule has 0 aliphatic heterocycles. The lowest BCUT2D eigenvalue weighted by molar-refractivity contribution is 0.793. The van der Waals surface area contributed by atoms with Crippen LogP contribution in [0.15, 0.2) is 23.1 Å². The summed E-state index contributed by atoms with van der Waals surface area (Å²) in [4.78, 5) is 0. The summed E-state index contributed by atoms with van der Waals surface area (Å²) >= 11 is 1.88. The minimum atomic E-state index is 0.645. The fourth-order valence-electron chi connectivity index (χ4n) is 0.801. The van der Waals surface area contributed by atoms with Gasteiger partial charge in [0.05, 0.1) is 0 Å². The van der Waals surface area contributed by atoms with E-state index in [2.05, 4.69) is 45.3 Å². The van der Waals surface area contributed by atoms with Gasteiger partial charge in [-0.05, 0) is 29.1 Å². The SMILES string of the molecule is CCC=CC(=CSCC)C(C)C. The molecule has 0 spiro atoms. The molecule has 0 aromatic carbocycles. The van der Waals surface area contributed by atoms with Crippen molar-refractivity contribution in [3.05, 3.63) is 23.1 Å². The molecule has 0 fully saturated rings. The van der Waals surface area contributed by atoms with Crippen LogP contribution in [0.4, 0.5) is 0 Å². The second kappa shape index (κ2) is 7.48. The third-order valence-corrected chi connectivity index (χ3v) is 2.37. The Labute approximate surface area is 81.1 Å². The lowest BCUT2D eigenvalue weighted by atomic mass is 10.1. The molecule has 0 aliphatic carbocycles. The molecule has 0 N–H and O–H groups in total. The Morgan fingerprint density at radius 3 is 2.42 bits per heavy atom. The largest absolute Gasteiger partial charge is 0.134 e. The average Bonchev–Trinajstić information content (AvgIpc) is 2.04. The number of rotatable bonds is 5. The van der Waals surface area contributed by atoms with E-state index in [1.54, 1.807) is 0 Å². The normalized spacial score (nSPS) is 13.2. The molecule has 0 aromatic rings. The highest BCUT2D eigenvalue weighted by Gasteiger charge is 1.97. The Hall–Kier alpha value is -0.170. The summed E-state index contributed by atoms with van der Waals surface area (Å²) in [7, 11) is 0. The van der Waals surface area contributed by atoms with Crippen molar-refractivity contribution < 1.29 is 0 Å². The summed E-state index contributed by atoms with van der Waals surface area (Å²) in [6, 6.07) is 0. The Balaban J connectivity index is 4.12. The van der Waals surface area contributed by atoms with E-state index in [1.807, 2.05) is 11.8 Å². The molecule has 0 saturated heterocycles. The molecule has 0 nitrogen and oxygen atoms in total. The van der Waals surface area contributed by atoms with Crippen molar-refractivity contribution in [2.24, 2.45) is 5.92 Å². The van der Waals surface area contributed by atoms with Gasteiger partial charge in [-0.1, -0.05) is 39.8 Å². The summed E-state index contributed by atoms with van der Waals surface area (Å²) in [6.45, 7) is 8.83. The Kier molecular flexibility index (Phi) is 7.37. The van der Waals surface area contributed by atoms with Gasteiger partial charge in [0.1, 0.15) is 0 Å². The maximum absolute atomic E-state index is 2.27. The molecule has 70 valence electrons. The van der Waals surface area contributed by atoms with Crippen LogP contribution in [0.1, 0.15) is 34.1 Å². The molecule has 0 rings (SSSR count). The first-order valence-corrected chi connectivity index (χ1v) is 5.75. The summed E-state index contributed by atoms with van der Waals surface area (Å²) in [6.07, 6.45) is 5.59. The van der Waals surface area contributed by atoms with E-state index in [1.165, 1.54) is 5.57 Å². The molecular weight excluding hydrogens is 164 g/mol. The Bertz CT molecular complexity index is 154. The van der Waals surface area contributed by atoms with Crippen molar-refractivity contribution >= 4 is 11.8 Å². The van der Waals surface area contributed by atoms with E-state index >= 15 is 0 Å². The second-order valence-electron chi connectivity index (χ2n) is 3.04. The van der Waals surface area contributed by atoms with Crippen molar-refractivity contribution in [2.45, 2.75) is 34.1 Å². The number of hydrogen-bond donors (Lipinski definition) is 0. The van der Waals surface area contributed by atoms with Gasteiger partial charge >= 0.3 is 0 Å². The fraction of sp³-hybridized carbons (Fsp3) is 0.636. The van der Waals surface area contributed by atoms with Gasteiger partial charge in [0, 0.05) is 0 Å². The molecule has 0 bridgehead atoms. The molecule has 0 aromatic heterocycles. The van der Waals surface area contributed by atoms with Crippen molar-refractivity contribution in [2.75, 3.05) is 5.75 Å². The molecule has 0 saturated carbocycles. The topological polar surface area (TPSA) is 0 Å². The average molecular weight is 184 g/mol. The maximum Gasteiger partial charge on any atom is -0.00543 e. The van der Waals surface area contributed by atoms with Crippen LogP contribution in [-0.2, 0) is 0 Å². The molecule has 0 atom stereocenters. The van der Waals surface area contributed by atoms with Gasteiger partial charge in [-0.15, -0.1) is 11.8 Å². The predicted octanol–water partition coefficient (Wildman–Crippen LogP) is 4.25. The quantitative estimate of drug-likeness (QED) is 0.576. The lowest BCUT2D eigenvalue weighted by Gasteiger charge is -2.05. The Morgan fingerprint density at radius 1 is 1.33 bits per heavy atom. The first-order chi connectivity index (χ1) is 5.72. The van der Waals surface area contributed by atoms with Gasteiger partial charge in [-0.3, -0.25) is 0 Å². The van der Waals surface area contributed by atoms with Gasteiger partial charge in [-0.25, -0.2) is 0 Å². The van der Waals surface area contributed by atoms with E-state index in [4.69, 9.17) is 0 Å². The van der Waals surface area contributed by atoms with Crippen LogP contribution in [0, 0.1) is 5.92 Å². The minimum Gasteiger partial charge on any atom is -0.134 e. The van der Waals surface area contributed by atoms with Crippen LogP contribution in [0.2, 0.25) is 0 Å². The molecule has 0 amide bonds. The smallest absolute Gasteiger partial charge is 0.00543 e. The third kappa shape index (κ3) is 5.48. The molecule has 0 heterocycles. The zero-order chi connectivity index (χ0) is 9.40. The zero-order valence-corrected chi connectivity index (χ0v) is 9.45. The van der Waals surface area contributed by atoms with Crippen molar-refractivity contribution in [1.29, 1.82) is 0 Å². The third-order valence-electron chi connectivity index (χ3n) is 1.60. The second-order valence-corrected chi connectivity index (χ2v) is 4.18. The van der Waals surface area contributed by atoms with E-state index in [0.29, 0.717) is 5.92 Å². The number of allylic oxidation sites excluding steroid dienone is 3. The molecule has 0 radical (unpaired) electrons. The summed E-state index contributed by atoms with van der Waals surface area (Å²) in [5, 5.41) is 2.27. The minimum absolute atomic E-state index is 0.645. The van der Waals surface area contributed by atoms with Crippen LogP contribution in [0.3, 0.4) is 0 Å².